The molecule has 1 amide bonds. The smallest absolute Gasteiger partial charge is 0.220 e. The Morgan fingerprint density at radius 1 is 1.47 bits per heavy atom. The molecule has 0 atom stereocenters. The van der Waals surface area contributed by atoms with E-state index in [0.717, 1.165) is 24.1 Å². The summed E-state index contributed by atoms with van der Waals surface area (Å²) in [7, 11) is 0. The minimum atomic E-state index is 0.0355. The Kier molecular flexibility index (Phi) is 4.58. The molecule has 0 unspecified atom stereocenters. The number of rotatable bonds is 5. The summed E-state index contributed by atoms with van der Waals surface area (Å²) < 4.78 is 0. The lowest BCUT2D eigenvalue weighted by Gasteiger charge is -2.35. The van der Waals surface area contributed by atoms with Crippen LogP contribution in [0, 0.1) is 12.3 Å². The van der Waals surface area contributed by atoms with Crippen LogP contribution >= 0.6 is 0 Å². The van der Waals surface area contributed by atoms with Gasteiger partial charge in [0.25, 0.3) is 0 Å². The molecule has 0 bridgehead atoms. The van der Waals surface area contributed by atoms with Crippen LogP contribution in [0.2, 0.25) is 0 Å². The zero-order valence-electron chi connectivity index (χ0n) is 11.7. The summed E-state index contributed by atoms with van der Waals surface area (Å²) in [6.45, 7) is 3.12. The van der Waals surface area contributed by atoms with Crippen LogP contribution in [-0.2, 0) is 11.3 Å². The Morgan fingerprint density at radius 3 is 2.79 bits per heavy atom. The Balaban J connectivity index is 1.84. The molecule has 1 aromatic rings. The number of carbonyl (C=O) groups excluding carboxylic acids is 1. The van der Waals surface area contributed by atoms with E-state index in [4.69, 9.17) is 5.73 Å². The van der Waals surface area contributed by atoms with Gasteiger partial charge in [-0.05, 0) is 31.7 Å². The minimum Gasteiger partial charge on any atom is -0.352 e. The lowest BCUT2D eigenvalue weighted by atomic mass is 9.71. The molecule has 0 spiro atoms. The summed E-state index contributed by atoms with van der Waals surface area (Å²) in [5, 5.41) is 9.80. The van der Waals surface area contributed by atoms with E-state index in [-0.39, 0.29) is 11.3 Å². The molecule has 5 nitrogen and oxygen atoms in total. The third-order valence-corrected chi connectivity index (χ3v) is 4.29. The van der Waals surface area contributed by atoms with Gasteiger partial charge in [0.15, 0.2) is 0 Å². The molecule has 1 saturated carbocycles. The molecule has 0 aromatic carbocycles. The van der Waals surface area contributed by atoms with Crippen molar-refractivity contribution < 1.29 is 4.79 Å². The summed E-state index contributed by atoms with van der Waals surface area (Å²) in [6, 6.07) is 0. The van der Waals surface area contributed by atoms with Gasteiger partial charge in [-0.15, -0.1) is 0 Å². The molecule has 1 aromatic heterocycles. The number of hydrogen-bond acceptors (Lipinski definition) is 3. The molecule has 1 aliphatic carbocycles. The first-order valence-electron chi connectivity index (χ1n) is 7.11. The van der Waals surface area contributed by atoms with Gasteiger partial charge in [0, 0.05) is 24.2 Å². The van der Waals surface area contributed by atoms with Gasteiger partial charge in [-0.3, -0.25) is 9.89 Å². The number of aromatic amines is 1. The van der Waals surface area contributed by atoms with Gasteiger partial charge in [-0.1, -0.05) is 19.3 Å². The van der Waals surface area contributed by atoms with Crippen molar-refractivity contribution in [2.24, 2.45) is 11.1 Å². The molecular weight excluding hydrogens is 240 g/mol. The highest BCUT2D eigenvalue weighted by molar-refractivity contribution is 5.76. The minimum absolute atomic E-state index is 0.0355. The number of H-pyrrole nitrogens is 1. The second-order valence-corrected chi connectivity index (χ2v) is 5.74. The lowest BCUT2D eigenvalue weighted by Crippen LogP contribution is -2.38. The maximum atomic E-state index is 12.1. The number of nitrogens with one attached hydrogen (secondary N) is 2. The SMILES string of the molecule is Cc1[nH]ncc1CNC(=O)CC1(CN)CCCCC1. The van der Waals surface area contributed by atoms with E-state index >= 15 is 0 Å². The van der Waals surface area contributed by atoms with Gasteiger partial charge in [0.1, 0.15) is 0 Å². The highest BCUT2D eigenvalue weighted by Crippen LogP contribution is 2.38. The van der Waals surface area contributed by atoms with Crippen LogP contribution in [0.5, 0.6) is 0 Å². The average Bonchev–Trinajstić information content (AvgIpc) is 2.83. The topological polar surface area (TPSA) is 83.8 Å². The number of aromatic nitrogens is 2. The van der Waals surface area contributed by atoms with Crippen molar-refractivity contribution >= 4 is 5.91 Å². The van der Waals surface area contributed by atoms with Crippen molar-refractivity contribution in [3.05, 3.63) is 17.5 Å². The van der Waals surface area contributed by atoms with Crippen molar-refractivity contribution in [2.45, 2.75) is 52.0 Å². The van der Waals surface area contributed by atoms with Gasteiger partial charge in [0.2, 0.25) is 5.91 Å². The quantitative estimate of drug-likeness (QED) is 0.756. The summed E-state index contributed by atoms with van der Waals surface area (Å²) in [5.41, 5.74) is 7.99. The van der Waals surface area contributed by atoms with Crippen LogP contribution < -0.4 is 11.1 Å². The van der Waals surface area contributed by atoms with E-state index in [1.54, 1.807) is 6.20 Å². The first kappa shape index (κ1) is 14.1. The lowest BCUT2D eigenvalue weighted by molar-refractivity contribution is -0.124. The van der Waals surface area contributed by atoms with E-state index in [9.17, 15) is 4.79 Å². The van der Waals surface area contributed by atoms with Crippen LogP contribution in [-0.4, -0.2) is 22.6 Å². The fraction of sp³-hybridized carbons (Fsp3) is 0.714. The zero-order valence-corrected chi connectivity index (χ0v) is 11.7. The maximum absolute atomic E-state index is 12.1. The van der Waals surface area contributed by atoms with E-state index in [1.807, 2.05) is 6.92 Å². The van der Waals surface area contributed by atoms with Crippen LogP contribution in [0.3, 0.4) is 0 Å². The summed E-state index contributed by atoms with van der Waals surface area (Å²) in [4.78, 5) is 12.1. The molecule has 0 radical (unpaired) electrons. The molecule has 0 aliphatic heterocycles. The van der Waals surface area contributed by atoms with Crippen molar-refractivity contribution in [3.8, 4) is 0 Å². The molecule has 1 fully saturated rings. The standard InChI is InChI=1S/C14H24N4O/c1-11-12(9-17-18-11)8-16-13(19)7-14(10-15)5-3-2-4-6-14/h9H,2-8,10,15H2,1H3,(H,16,19)(H,17,18). The van der Waals surface area contributed by atoms with Crippen LogP contribution in [0.1, 0.15) is 49.8 Å². The number of aryl methyl sites for hydroxylation is 1. The number of hydrogen-bond donors (Lipinski definition) is 3. The highest BCUT2D eigenvalue weighted by Gasteiger charge is 2.32. The zero-order chi connectivity index (χ0) is 13.7. The predicted octanol–water partition coefficient (Wildman–Crippen LogP) is 1.63. The Hall–Kier alpha value is -1.36. The van der Waals surface area contributed by atoms with Gasteiger partial charge in [-0.2, -0.15) is 5.10 Å². The monoisotopic (exact) mass is 264 g/mol. The number of carbonyl (C=O) groups is 1. The average molecular weight is 264 g/mol. The van der Waals surface area contributed by atoms with Gasteiger partial charge in [0.05, 0.1) is 6.20 Å². The number of amides is 1. The number of nitrogens with zero attached hydrogens (tertiary/aromatic N) is 1. The van der Waals surface area contributed by atoms with Crippen molar-refractivity contribution in [1.82, 2.24) is 15.5 Å². The van der Waals surface area contributed by atoms with E-state index < -0.39 is 0 Å². The maximum Gasteiger partial charge on any atom is 0.220 e. The Labute approximate surface area is 114 Å². The number of nitrogens with two attached hydrogens (primary N) is 1. The fourth-order valence-corrected chi connectivity index (χ4v) is 2.91. The highest BCUT2D eigenvalue weighted by atomic mass is 16.1. The molecule has 106 valence electrons. The van der Waals surface area contributed by atoms with E-state index in [1.165, 1.54) is 19.3 Å². The van der Waals surface area contributed by atoms with Crippen LogP contribution in [0.25, 0.3) is 0 Å². The van der Waals surface area contributed by atoms with E-state index in [0.29, 0.717) is 19.5 Å². The van der Waals surface area contributed by atoms with Gasteiger partial charge >= 0.3 is 0 Å². The van der Waals surface area contributed by atoms with Crippen molar-refractivity contribution in [2.75, 3.05) is 6.54 Å². The first-order valence-corrected chi connectivity index (χ1v) is 7.11. The Morgan fingerprint density at radius 2 is 2.21 bits per heavy atom. The van der Waals surface area contributed by atoms with Crippen molar-refractivity contribution in [3.63, 3.8) is 0 Å². The molecule has 19 heavy (non-hydrogen) atoms. The fourth-order valence-electron chi connectivity index (χ4n) is 2.91. The summed E-state index contributed by atoms with van der Waals surface area (Å²) >= 11 is 0. The summed E-state index contributed by atoms with van der Waals surface area (Å²) in [6.07, 6.45) is 8.16. The summed E-state index contributed by atoms with van der Waals surface area (Å²) in [5.74, 6) is 0.105. The Bertz CT molecular complexity index is 421. The molecular formula is C14H24N4O. The first-order chi connectivity index (χ1) is 9.15. The second-order valence-electron chi connectivity index (χ2n) is 5.74. The molecule has 2 rings (SSSR count). The normalized spacial score (nSPS) is 18.2. The third-order valence-electron chi connectivity index (χ3n) is 4.29. The molecule has 1 heterocycles. The third kappa shape index (κ3) is 3.56. The molecule has 4 N–H and O–H groups in total. The predicted molar refractivity (Wildman–Crippen MR) is 74.4 cm³/mol. The molecule has 1 aliphatic rings. The van der Waals surface area contributed by atoms with E-state index in [2.05, 4.69) is 15.5 Å². The van der Waals surface area contributed by atoms with Crippen LogP contribution in [0.15, 0.2) is 6.20 Å². The largest absolute Gasteiger partial charge is 0.352 e. The van der Waals surface area contributed by atoms with Crippen molar-refractivity contribution in [1.29, 1.82) is 0 Å². The van der Waals surface area contributed by atoms with Crippen LogP contribution in [0.4, 0.5) is 0 Å². The second kappa shape index (κ2) is 6.19. The molecule has 0 saturated heterocycles. The van der Waals surface area contributed by atoms with Gasteiger partial charge < -0.3 is 11.1 Å². The molecule has 5 heteroatoms. The van der Waals surface area contributed by atoms with Gasteiger partial charge in [-0.25, -0.2) is 0 Å².